The summed E-state index contributed by atoms with van der Waals surface area (Å²) < 4.78 is 5.26. The van der Waals surface area contributed by atoms with Crippen LogP contribution in [-0.4, -0.2) is 63.8 Å². The first-order valence-electron chi connectivity index (χ1n) is 9.97. The predicted octanol–water partition coefficient (Wildman–Crippen LogP) is -0.476. The van der Waals surface area contributed by atoms with Crippen molar-refractivity contribution in [3.63, 3.8) is 0 Å². The third kappa shape index (κ3) is 11.7. The Morgan fingerprint density at radius 3 is 2.43 bits per heavy atom. The third-order valence-corrected chi connectivity index (χ3v) is 4.06. The first-order chi connectivity index (χ1) is 13.7. The number of rotatable bonds is 16. The molecule has 0 aliphatic carbocycles. The maximum absolute atomic E-state index is 12.5. The van der Waals surface area contributed by atoms with Gasteiger partial charge in [-0.3, -0.25) is 9.59 Å². The first-order valence-corrected chi connectivity index (χ1v) is 9.97. The van der Waals surface area contributed by atoms with Crippen LogP contribution in [0.15, 0.2) is 30.3 Å². The van der Waals surface area contributed by atoms with Gasteiger partial charge in [0.1, 0.15) is 6.04 Å². The molecule has 0 saturated carbocycles. The lowest BCUT2D eigenvalue weighted by molar-refractivity contribution is -0.129. The molecule has 0 spiro atoms. The lowest BCUT2D eigenvalue weighted by Crippen LogP contribution is -2.48. The quantitative estimate of drug-likeness (QED) is 0.241. The van der Waals surface area contributed by atoms with E-state index in [1.165, 1.54) is 0 Å². The van der Waals surface area contributed by atoms with Crippen molar-refractivity contribution in [2.75, 3.05) is 45.9 Å². The van der Waals surface area contributed by atoms with Gasteiger partial charge in [-0.1, -0.05) is 30.3 Å². The van der Waals surface area contributed by atoms with Crippen molar-refractivity contribution in [3.05, 3.63) is 35.9 Å². The van der Waals surface area contributed by atoms with Crippen molar-refractivity contribution in [1.29, 1.82) is 0 Å². The molecule has 1 atom stereocenters. The van der Waals surface area contributed by atoms with Crippen LogP contribution in [0.2, 0.25) is 0 Å². The van der Waals surface area contributed by atoms with Crippen molar-refractivity contribution in [1.82, 2.24) is 16.0 Å². The average Bonchev–Trinajstić information content (AvgIpc) is 2.70. The van der Waals surface area contributed by atoms with Crippen LogP contribution in [0.5, 0.6) is 0 Å². The van der Waals surface area contributed by atoms with E-state index in [0.29, 0.717) is 52.1 Å². The van der Waals surface area contributed by atoms with Crippen molar-refractivity contribution in [2.45, 2.75) is 31.7 Å². The Labute approximate surface area is 167 Å². The maximum Gasteiger partial charge on any atom is 0.243 e. The molecule has 0 heterocycles. The van der Waals surface area contributed by atoms with E-state index in [-0.39, 0.29) is 11.8 Å². The largest absolute Gasteiger partial charge is 0.378 e. The van der Waals surface area contributed by atoms with Gasteiger partial charge in [0, 0.05) is 25.9 Å². The normalized spacial score (nSPS) is 11.8. The standard InChI is InChI=1S/C20H35N5O3/c21-9-5-12-23-11-4-8-19(26)25-18(16-17-6-2-1-3-7-17)20(27)24-13-15-28-14-10-22/h1-3,6-7,18,23H,4-5,8-16,21-22H2,(H,24,27)(H,25,26)/t18-/m0/s1. The van der Waals surface area contributed by atoms with Crippen LogP contribution in [0.25, 0.3) is 0 Å². The molecule has 1 aromatic rings. The van der Waals surface area contributed by atoms with E-state index in [9.17, 15) is 9.59 Å². The Kier molecular flexibility index (Phi) is 13.7. The number of carbonyl (C=O) groups excluding carboxylic acids is 2. The Balaban J connectivity index is 2.45. The second-order valence-electron chi connectivity index (χ2n) is 6.50. The van der Waals surface area contributed by atoms with Gasteiger partial charge in [-0.15, -0.1) is 0 Å². The Morgan fingerprint density at radius 2 is 1.71 bits per heavy atom. The van der Waals surface area contributed by atoms with Crippen molar-refractivity contribution >= 4 is 11.8 Å². The first kappa shape index (κ1) is 24.0. The SMILES string of the molecule is NCCCNCCCC(=O)N[C@@H](Cc1ccccc1)C(=O)NCCOCCN. The van der Waals surface area contributed by atoms with Gasteiger partial charge in [0.2, 0.25) is 11.8 Å². The van der Waals surface area contributed by atoms with E-state index in [2.05, 4.69) is 16.0 Å². The highest BCUT2D eigenvalue weighted by Gasteiger charge is 2.20. The number of benzene rings is 1. The molecule has 7 N–H and O–H groups in total. The summed E-state index contributed by atoms with van der Waals surface area (Å²) in [5, 5.41) is 8.91. The van der Waals surface area contributed by atoms with Gasteiger partial charge >= 0.3 is 0 Å². The number of carbonyl (C=O) groups is 2. The molecule has 8 nitrogen and oxygen atoms in total. The zero-order valence-corrected chi connectivity index (χ0v) is 16.6. The van der Waals surface area contributed by atoms with Crippen molar-refractivity contribution in [2.24, 2.45) is 11.5 Å². The molecule has 0 aliphatic rings. The van der Waals surface area contributed by atoms with Gasteiger partial charge in [0.15, 0.2) is 0 Å². The predicted molar refractivity (Wildman–Crippen MR) is 111 cm³/mol. The van der Waals surface area contributed by atoms with Crippen LogP contribution in [0.4, 0.5) is 0 Å². The average molecular weight is 394 g/mol. The Morgan fingerprint density at radius 1 is 0.964 bits per heavy atom. The van der Waals surface area contributed by atoms with Gasteiger partial charge in [0.25, 0.3) is 0 Å². The summed E-state index contributed by atoms with van der Waals surface area (Å²) >= 11 is 0. The Hall–Kier alpha value is -2.00. The van der Waals surface area contributed by atoms with Crippen LogP contribution in [-0.2, 0) is 20.7 Å². The fraction of sp³-hybridized carbons (Fsp3) is 0.600. The third-order valence-electron chi connectivity index (χ3n) is 4.06. The molecule has 8 heteroatoms. The molecule has 1 rings (SSSR count). The van der Waals surface area contributed by atoms with Crippen LogP contribution < -0.4 is 27.4 Å². The van der Waals surface area contributed by atoms with Gasteiger partial charge in [-0.25, -0.2) is 0 Å². The second kappa shape index (κ2) is 16.0. The molecule has 0 aliphatic heterocycles. The van der Waals surface area contributed by atoms with E-state index in [1.807, 2.05) is 30.3 Å². The summed E-state index contributed by atoms with van der Waals surface area (Å²) in [6.07, 6.45) is 2.44. The fourth-order valence-corrected chi connectivity index (χ4v) is 2.61. The molecule has 0 radical (unpaired) electrons. The molecule has 0 fully saturated rings. The summed E-state index contributed by atoms with van der Waals surface area (Å²) in [5.41, 5.74) is 11.8. The van der Waals surface area contributed by atoms with Crippen molar-refractivity contribution < 1.29 is 14.3 Å². The van der Waals surface area contributed by atoms with Gasteiger partial charge < -0.3 is 32.2 Å². The molecule has 0 aromatic heterocycles. The van der Waals surface area contributed by atoms with Gasteiger partial charge in [-0.05, 0) is 38.0 Å². The molecule has 158 valence electrons. The van der Waals surface area contributed by atoms with Gasteiger partial charge in [0.05, 0.1) is 13.2 Å². The van der Waals surface area contributed by atoms with E-state index >= 15 is 0 Å². The Bertz CT molecular complexity index is 542. The number of nitrogens with one attached hydrogen (secondary N) is 3. The number of ether oxygens (including phenoxy) is 1. The summed E-state index contributed by atoms with van der Waals surface area (Å²) in [4.78, 5) is 24.8. The minimum atomic E-state index is -0.616. The van der Waals surface area contributed by atoms with E-state index in [1.54, 1.807) is 0 Å². The number of amides is 2. The lowest BCUT2D eigenvalue weighted by Gasteiger charge is -2.19. The molecular weight excluding hydrogens is 358 g/mol. The maximum atomic E-state index is 12.5. The monoisotopic (exact) mass is 393 g/mol. The highest BCUT2D eigenvalue weighted by atomic mass is 16.5. The fourth-order valence-electron chi connectivity index (χ4n) is 2.61. The molecule has 2 amide bonds. The van der Waals surface area contributed by atoms with Crippen LogP contribution in [0.1, 0.15) is 24.8 Å². The number of hydrogen-bond acceptors (Lipinski definition) is 6. The van der Waals surface area contributed by atoms with E-state index in [0.717, 1.165) is 25.1 Å². The van der Waals surface area contributed by atoms with Crippen LogP contribution >= 0.6 is 0 Å². The van der Waals surface area contributed by atoms with Gasteiger partial charge in [-0.2, -0.15) is 0 Å². The van der Waals surface area contributed by atoms with E-state index in [4.69, 9.17) is 16.2 Å². The smallest absolute Gasteiger partial charge is 0.243 e. The summed E-state index contributed by atoms with van der Waals surface area (Å²) in [5.74, 6) is -0.342. The molecule has 0 unspecified atom stereocenters. The van der Waals surface area contributed by atoms with E-state index < -0.39 is 6.04 Å². The molecule has 28 heavy (non-hydrogen) atoms. The second-order valence-corrected chi connectivity index (χ2v) is 6.50. The topological polar surface area (TPSA) is 132 Å². The van der Waals surface area contributed by atoms with Crippen molar-refractivity contribution in [3.8, 4) is 0 Å². The zero-order valence-electron chi connectivity index (χ0n) is 16.6. The molecule has 0 saturated heterocycles. The van der Waals surface area contributed by atoms with Crippen LogP contribution in [0.3, 0.4) is 0 Å². The highest BCUT2D eigenvalue weighted by molar-refractivity contribution is 5.87. The number of hydrogen-bond donors (Lipinski definition) is 5. The number of nitrogens with two attached hydrogens (primary N) is 2. The summed E-state index contributed by atoms with van der Waals surface area (Å²) in [6, 6.07) is 9.02. The molecule has 0 bridgehead atoms. The molecular formula is C20H35N5O3. The minimum absolute atomic E-state index is 0.129. The molecule has 1 aromatic carbocycles. The highest BCUT2D eigenvalue weighted by Crippen LogP contribution is 2.04. The zero-order chi connectivity index (χ0) is 20.5. The summed E-state index contributed by atoms with van der Waals surface area (Å²) in [7, 11) is 0. The summed E-state index contributed by atoms with van der Waals surface area (Å²) in [6.45, 7) is 3.93. The van der Waals surface area contributed by atoms with Crippen LogP contribution in [0, 0.1) is 0 Å². The minimum Gasteiger partial charge on any atom is -0.378 e. The lowest BCUT2D eigenvalue weighted by atomic mass is 10.0.